The van der Waals surface area contributed by atoms with Crippen molar-refractivity contribution >= 4 is 45.6 Å². The second kappa shape index (κ2) is 13.0. The molecule has 220 valence electrons. The van der Waals surface area contributed by atoms with Crippen LogP contribution in [0.2, 0.25) is 0 Å². The van der Waals surface area contributed by atoms with Crippen molar-refractivity contribution in [3.05, 3.63) is 95.6 Å². The van der Waals surface area contributed by atoms with Crippen LogP contribution in [0.1, 0.15) is 36.5 Å². The molecule has 3 aromatic carbocycles. The molecular weight excluding hydrogens is 556 g/mol. The Morgan fingerprint density at radius 1 is 0.907 bits per heavy atom. The van der Waals surface area contributed by atoms with Crippen LogP contribution in [0, 0.1) is 6.92 Å². The van der Waals surface area contributed by atoms with E-state index in [1.807, 2.05) is 53.1 Å². The molecule has 3 heterocycles. The first-order valence-electron chi connectivity index (χ1n) is 14.9. The maximum absolute atomic E-state index is 13.0. The Balaban J connectivity index is 1.05. The monoisotopic (exact) mass is 592 g/mol. The van der Waals surface area contributed by atoms with E-state index in [1.54, 1.807) is 0 Å². The Labute approximate surface area is 256 Å². The lowest BCUT2D eigenvalue weighted by Crippen LogP contribution is -2.55. The average Bonchev–Trinajstić information content (AvgIpc) is 3.31. The summed E-state index contributed by atoms with van der Waals surface area (Å²) < 4.78 is 2.22. The van der Waals surface area contributed by atoms with E-state index in [1.165, 1.54) is 22.9 Å². The van der Waals surface area contributed by atoms with E-state index in [4.69, 9.17) is 4.98 Å². The first-order chi connectivity index (χ1) is 21.0. The molecule has 1 unspecified atom stereocenters. The molecule has 43 heavy (non-hydrogen) atoms. The first-order valence-corrected chi connectivity index (χ1v) is 15.9. The SMILES string of the molecule is Cc1ccc2c(c1)c1nnc(SCCCC(=O)N3CCN(C(=O)Cc4ccccc4)C(C)C3)nc1n2Cc1ccccc1. The zero-order chi connectivity index (χ0) is 29.8. The highest BCUT2D eigenvalue weighted by Crippen LogP contribution is 2.29. The van der Waals surface area contributed by atoms with Gasteiger partial charge in [0.2, 0.25) is 17.0 Å². The second-order valence-corrected chi connectivity index (χ2v) is 12.3. The number of nitrogens with zero attached hydrogens (tertiary/aromatic N) is 6. The van der Waals surface area contributed by atoms with Gasteiger partial charge in [-0.2, -0.15) is 0 Å². The predicted molar refractivity (Wildman–Crippen MR) is 171 cm³/mol. The van der Waals surface area contributed by atoms with Crippen molar-refractivity contribution in [1.82, 2.24) is 29.5 Å². The quantitative estimate of drug-likeness (QED) is 0.166. The van der Waals surface area contributed by atoms with Crippen LogP contribution in [-0.2, 0) is 22.6 Å². The van der Waals surface area contributed by atoms with Gasteiger partial charge < -0.3 is 14.4 Å². The summed E-state index contributed by atoms with van der Waals surface area (Å²) in [6, 6.07) is 26.6. The lowest BCUT2D eigenvalue weighted by molar-refractivity contribution is -0.142. The molecular formula is C34H36N6O2S. The Kier molecular flexibility index (Phi) is 8.69. The molecule has 1 fully saturated rings. The number of carbonyl (C=O) groups is 2. The number of benzene rings is 3. The van der Waals surface area contributed by atoms with Crippen LogP contribution in [-0.4, -0.2) is 72.8 Å². The van der Waals surface area contributed by atoms with Gasteiger partial charge in [0, 0.05) is 49.8 Å². The summed E-state index contributed by atoms with van der Waals surface area (Å²) in [7, 11) is 0. The summed E-state index contributed by atoms with van der Waals surface area (Å²) in [5.74, 6) is 0.975. The van der Waals surface area contributed by atoms with Gasteiger partial charge in [0.15, 0.2) is 5.65 Å². The van der Waals surface area contributed by atoms with E-state index in [0.717, 1.165) is 39.8 Å². The van der Waals surface area contributed by atoms with Gasteiger partial charge in [-0.05, 0) is 43.5 Å². The molecule has 2 aromatic heterocycles. The molecule has 1 aliphatic rings. The molecule has 0 spiro atoms. The Bertz CT molecular complexity index is 1740. The number of amides is 2. The number of hydrogen-bond acceptors (Lipinski definition) is 6. The highest BCUT2D eigenvalue weighted by Gasteiger charge is 2.29. The number of thioether (sulfide) groups is 1. The van der Waals surface area contributed by atoms with Crippen molar-refractivity contribution in [3.63, 3.8) is 0 Å². The summed E-state index contributed by atoms with van der Waals surface area (Å²) in [4.78, 5) is 34.6. The first kappa shape index (κ1) is 28.9. The number of aryl methyl sites for hydroxylation is 1. The van der Waals surface area contributed by atoms with Crippen molar-refractivity contribution in [2.75, 3.05) is 25.4 Å². The largest absolute Gasteiger partial charge is 0.339 e. The molecule has 0 radical (unpaired) electrons. The fraction of sp³-hybridized carbons (Fsp3) is 0.324. The molecule has 5 aromatic rings. The van der Waals surface area contributed by atoms with E-state index in [-0.39, 0.29) is 17.9 Å². The molecule has 0 N–H and O–H groups in total. The number of piperazine rings is 1. The molecule has 1 aliphatic heterocycles. The normalized spacial score (nSPS) is 15.3. The Morgan fingerprint density at radius 3 is 2.40 bits per heavy atom. The van der Waals surface area contributed by atoms with Crippen molar-refractivity contribution in [1.29, 1.82) is 0 Å². The minimum absolute atomic E-state index is 0.000850. The summed E-state index contributed by atoms with van der Waals surface area (Å²) in [5, 5.41) is 10.7. The molecule has 8 nitrogen and oxygen atoms in total. The number of carbonyl (C=O) groups excluding carboxylic acids is 2. The summed E-state index contributed by atoms with van der Waals surface area (Å²) >= 11 is 1.54. The third-order valence-corrected chi connectivity index (χ3v) is 8.97. The van der Waals surface area contributed by atoms with Gasteiger partial charge in [0.05, 0.1) is 11.9 Å². The standard InChI is InChI=1S/C34H36N6O2S/c1-24-15-16-29-28(20-24)32-33(40(29)23-27-12-7-4-8-13-27)35-34(37-36-32)43-19-9-14-30(41)38-17-18-39(25(2)22-38)31(42)21-26-10-5-3-6-11-26/h3-8,10-13,15-16,20,25H,9,14,17-19,21-23H2,1-2H3. The molecule has 0 aliphatic carbocycles. The number of rotatable bonds is 9. The number of hydrogen-bond donors (Lipinski definition) is 0. The minimum Gasteiger partial charge on any atom is -0.339 e. The van der Waals surface area contributed by atoms with E-state index >= 15 is 0 Å². The van der Waals surface area contributed by atoms with Crippen molar-refractivity contribution < 1.29 is 9.59 Å². The van der Waals surface area contributed by atoms with E-state index in [2.05, 4.69) is 64.2 Å². The zero-order valence-corrected chi connectivity index (χ0v) is 25.5. The lowest BCUT2D eigenvalue weighted by atomic mass is 10.1. The molecule has 9 heteroatoms. The lowest BCUT2D eigenvalue weighted by Gasteiger charge is -2.40. The van der Waals surface area contributed by atoms with Crippen LogP contribution in [0.3, 0.4) is 0 Å². The van der Waals surface area contributed by atoms with E-state index < -0.39 is 0 Å². The van der Waals surface area contributed by atoms with Gasteiger partial charge >= 0.3 is 0 Å². The summed E-state index contributed by atoms with van der Waals surface area (Å²) in [5.41, 5.74) is 6.11. The van der Waals surface area contributed by atoms with E-state index in [9.17, 15) is 9.59 Å². The van der Waals surface area contributed by atoms with Crippen LogP contribution in [0.15, 0.2) is 84.0 Å². The molecule has 2 amide bonds. The van der Waals surface area contributed by atoms with Crippen molar-refractivity contribution in [2.24, 2.45) is 0 Å². The molecule has 1 saturated heterocycles. The second-order valence-electron chi connectivity index (χ2n) is 11.2. The molecule has 6 rings (SSSR count). The van der Waals surface area contributed by atoms with Crippen molar-refractivity contribution in [2.45, 2.75) is 50.9 Å². The smallest absolute Gasteiger partial charge is 0.227 e. The Morgan fingerprint density at radius 2 is 1.65 bits per heavy atom. The average molecular weight is 593 g/mol. The van der Waals surface area contributed by atoms with Gasteiger partial charge in [-0.3, -0.25) is 9.59 Å². The number of fused-ring (bicyclic) bond motifs is 3. The van der Waals surface area contributed by atoms with Crippen molar-refractivity contribution in [3.8, 4) is 0 Å². The van der Waals surface area contributed by atoms with Gasteiger partial charge in [-0.25, -0.2) is 4.98 Å². The van der Waals surface area contributed by atoms with Gasteiger partial charge in [-0.15, -0.1) is 10.2 Å². The molecule has 0 saturated carbocycles. The fourth-order valence-corrected chi connectivity index (χ4v) is 6.53. The van der Waals surface area contributed by atoms with Crippen LogP contribution in [0.25, 0.3) is 22.1 Å². The summed E-state index contributed by atoms with van der Waals surface area (Å²) in [6.45, 7) is 6.52. The maximum Gasteiger partial charge on any atom is 0.227 e. The topological polar surface area (TPSA) is 84.2 Å². The highest BCUT2D eigenvalue weighted by atomic mass is 32.2. The highest BCUT2D eigenvalue weighted by molar-refractivity contribution is 7.99. The Hall–Kier alpha value is -4.24. The fourth-order valence-electron chi connectivity index (χ4n) is 5.81. The van der Waals surface area contributed by atoms with Crippen LogP contribution >= 0.6 is 11.8 Å². The van der Waals surface area contributed by atoms with Crippen LogP contribution < -0.4 is 0 Å². The van der Waals surface area contributed by atoms with Crippen LogP contribution in [0.4, 0.5) is 0 Å². The summed E-state index contributed by atoms with van der Waals surface area (Å²) in [6.07, 6.45) is 1.57. The predicted octanol–water partition coefficient (Wildman–Crippen LogP) is 5.51. The van der Waals surface area contributed by atoms with Gasteiger partial charge in [0.1, 0.15) is 5.52 Å². The van der Waals surface area contributed by atoms with Crippen LogP contribution in [0.5, 0.6) is 0 Å². The minimum atomic E-state index is 0.000850. The molecule has 1 atom stereocenters. The number of aromatic nitrogens is 4. The third kappa shape index (κ3) is 6.57. The van der Waals surface area contributed by atoms with Gasteiger partial charge in [-0.1, -0.05) is 84.1 Å². The maximum atomic E-state index is 13.0. The zero-order valence-electron chi connectivity index (χ0n) is 24.6. The van der Waals surface area contributed by atoms with Gasteiger partial charge in [0.25, 0.3) is 0 Å². The molecule has 0 bridgehead atoms. The third-order valence-electron chi connectivity index (χ3n) is 8.05. The van der Waals surface area contributed by atoms with E-state index in [0.29, 0.717) is 44.2 Å².